The van der Waals surface area contributed by atoms with Crippen LogP contribution in [0.1, 0.15) is 12.5 Å². The quantitative estimate of drug-likeness (QED) is 0.936. The third-order valence-corrected chi connectivity index (χ3v) is 4.13. The first kappa shape index (κ1) is 14.6. The average Bonchev–Trinajstić information content (AvgIpc) is 2.57. The van der Waals surface area contributed by atoms with Gasteiger partial charge in [-0.2, -0.15) is 0 Å². The number of ether oxygens (including phenoxy) is 2. The van der Waals surface area contributed by atoms with Crippen molar-refractivity contribution in [3.05, 3.63) is 48.0 Å². The van der Waals surface area contributed by atoms with Crippen LogP contribution in [0.4, 0.5) is 11.4 Å². The third kappa shape index (κ3) is 2.69. The summed E-state index contributed by atoms with van der Waals surface area (Å²) in [7, 11) is 3.33. The number of hydrogen-bond donors (Lipinski definition) is 1. The molecule has 2 aromatic carbocycles. The lowest BCUT2D eigenvalue weighted by molar-refractivity contribution is 0.354. The molecule has 4 nitrogen and oxygen atoms in total. The van der Waals surface area contributed by atoms with E-state index in [0.29, 0.717) is 6.04 Å². The van der Waals surface area contributed by atoms with Crippen LogP contribution in [-0.4, -0.2) is 26.8 Å². The van der Waals surface area contributed by atoms with Crippen LogP contribution in [-0.2, 0) is 6.54 Å². The van der Waals surface area contributed by atoms with Gasteiger partial charge in [-0.3, -0.25) is 0 Å². The number of methoxy groups -OCH3 is 2. The molecule has 0 radical (unpaired) electrons. The number of nitrogens with zero attached hydrogens (tertiary/aromatic N) is 1. The monoisotopic (exact) mass is 298 g/mol. The molecule has 1 aliphatic heterocycles. The number of rotatable bonds is 4. The molecule has 0 aromatic heterocycles. The normalized spacial score (nSPS) is 16.7. The highest BCUT2D eigenvalue weighted by molar-refractivity contribution is 5.72. The Bertz CT molecular complexity index is 657. The lowest BCUT2D eigenvalue weighted by Gasteiger charge is -2.37. The van der Waals surface area contributed by atoms with Gasteiger partial charge in [-0.1, -0.05) is 18.2 Å². The molecule has 0 amide bonds. The summed E-state index contributed by atoms with van der Waals surface area (Å²) >= 11 is 0. The van der Waals surface area contributed by atoms with E-state index < -0.39 is 0 Å². The van der Waals surface area contributed by atoms with Gasteiger partial charge in [-0.15, -0.1) is 0 Å². The third-order valence-electron chi connectivity index (χ3n) is 4.13. The zero-order valence-electron chi connectivity index (χ0n) is 13.3. The van der Waals surface area contributed by atoms with Crippen molar-refractivity contribution in [3.63, 3.8) is 0 Å². The minimum Gasteiger partial charge on any atom is -0.493 e. The maximum Gasteiger partial charge on any atom is 0.161 e. The van der Waals surface area contributed by atoms with E-state index in [1.165, 1.54) is 16.9 Å². The van der Waals surface area contributed by atoms with Crippen LogP contribution in [0.25, 0.3) is 0 Å². The van der Waals surface area contributed by atoms with Gasteiger partial charge >= 0.3 is 0 Å². The van der Waals surface area contributed by atoms with Crippen molar-refractivity contribution in [1.29, 1.82) is 0 Å². The molecule has 1 atom stereocenters. The molecule has 1 aliphatic rings. The van der Waals surface area contributed by atoms with Crippen LogP contribution >= 0.6 is 0 Å². The lowest BCUT2D eigenvalue weighted by Crippen LogP contribution is -2.41. The van der Waals surface area contributed by atoms with Gasteiger partial charge in [0.05, 0.1) is 25.6 Å². The summed E-state index contributed by atoms with van der Waals surface area (Å²) in [4.78, 5) is 2.42. The van der Waals surface area contributed by atoms with E-state index in [1.807, 2.05) is 6.07 Å². The molecular formula is C18H22N2O2. The Morgan fingerprint density at radius 2 is 1.86 bits per heavy atom. The van der Waals surface area contributed by atoms with E-state index in [4.69, 9.17) is 9.47 Å². The second-order valence-electron chi connectivity index (χ2n) is 5.56. The van der Waals surface area contributed by atoms with Crippen molar-refractivity contribution in [2.45, 2.75) is 19.5 Å². The molecule has 1 N–H and O–H groups in total. The minimum absolute atomic E-state index is 0.433. The fourth-order valence-electron chi connectivity index (χ4n) is 2.90. The highest BCUT2D eigenvalue weighted by atomic mass is 16.5. The second kappa shape index (κ2) is 6.18. The number of nitrogens with one attached hydrogen (secondary N) is 1. The van der Waals surface area contributed by atoms with Crippen molar-refractivity contribution >= 4 is 11.4 Å². The van der Waals surface area contributed by atoms with Crippen molar-refractivity contribution in [1.82, 2.24) is 0 Å². The van der Waals surface area contributed by atoms with Gasteiger partial charge in [-0.05, 0) is 36.8 Å². The van der Waals surface area contributed by atoms with Gasteiger partial charge in [-0.25, -0.2) is 0 Å². The highest BCUT2D eigenvalue weighted by Crippen LogP contribution is 2.34. The van der Waals surface area contributed by atoms with E-state index in [-0.39, 0.29) is 0 Å². The predicted octanol–water partition coefficient (Wildman–Crippen LogP) is 3.52. The topological polar surface area (TPSA) is 33.7 Å². The van der Waals surface area contributed by atoms with E-state index >= 15 is 0 Å². The highest BCUT2D eigenvalue weighted by Gasteiger charge is 2.22. The van der Waals surface area contributed by atoms with E-state index in [0.717, 1.165) is 24.6 Å². The van der Waals surface area contributed by atoms with Gasteiger partial charge in [0, 0.05) is 19.1 Å². The zero-order chi connectivity index (χ0) is 15.5. The number of anilines is 2. The molecule has 0 saturated heterocycles. The van der Waals surface area contributed by atoms with Gasteiger partial charge < -0.3 is 19.7 Å². The molecule has 0 saturated carbocycles. The van der Waals surface area contributed by atoms with E-state index in [1.54, 1.807) is 14.2 Å². The Balaban J connectivity index is 1.89. The van der Waals surface area contributed by atoms with Crippen LogP contribution < -0.4 is 19.7 Å². The molecule has 22 heavy (non-hydrogen) atoms. The lowest BCUT2D eigenvalue weighted by atomic mass is 10.1. The van der Waals surface area contributed by atoms with Crippen molar-refractivity contribution < 1.29 is 9.47 Å². The smallest absolute Gasteiger partial charge is 0.161 e. The predicted molar refractivity (Wildman–Crippen MR) is 90.1 cm³/mol. The summed E-state index contributed by atoms with van der Waals surface area (Å²) in [6, 6.07) is 15.0. The molecule has 3 rings (SSSR count). The molecule has 2 aromatic rings. The largest absolute Gasteiger partial charge is 0.493 e. The first-order valence-electron chi connectivity index (χ1n) is 7.53. The molecule has 1 heterocycles. The molecule has 4 heteroatoms. The molecule has 116 valence electrons. The maximum atomic E-state index is 5.41. The molecule has 0 fully saturated rings. The second-order valence-corrected chi connectivity index (χ2v) is 5.56. The summed E-state index contributed by atoms with van der Waals surface area (Å²) in [6.07, 6.45) is 0. The van der Waals surface area contributed by atoms with Gasteiger partial charge in [0.25, 0.3) is 0 Å². The van der Waals surface area contributed by atoms with Crippen LogP contribution in [0.5, 0.6) is 11.5 Å². The van der Waals surface area contributed by atoms with Crippen LogP contribution in [0.15, 0.2) is 42.5 Å². The Labute approximate surface area is 131 Å². The van der Waals surface area contributed by atoms with Gasteiger partial charge in [0.2, 0.25) is 0 Å². The Hall–Kier alpha value is -2.36. The minimum atomic E-state index is 0.433. The Morgan fingerprint density at radius 3 is 2.64 bits per heavy atom. The van der Waals surface area contributed by atoms with E-state index in [9.17, 15) is 0 Å². The number of para-hydroxylation sites is 2. The first-order chi connectivity index (χ1) is 10.7. The van der Waals surface area contributed by atoms with Crippen molar-refractivity contribution in [2.75, 3.05) is 31.0 Å². The van der Waals surface area contributed by atoms with Crippen molar-refractivity contribution in [2.24, 2.45) is 0 Å². The number of hydrogen-bond acceptors (Lipinski definition) is 4. The van der Waals surface area contributed by atoms with Crippen LogP contribution in [0.3, 0.4) is 0 Å². The molecule has 0 spiro atoms. The van der Waals surface area contributed by atoms with Gasteiger partial charge in [0.15, 0.2) is 11.5 Å². The van der Waals surface area contributed by atoms with Crippen LogP contribution in [0.2, 0.25) is 0 Å². The average molecular weight is 298 g/mol. The van der Waals surface area contributed by atoms with Crippen molar-refractivity contribution in [3.8, 4) is 11.5 Å². The maximum absolute atomic E-state index is 5.41. The molecule has 0 aliphatic carbocycles. The number of benzene rings is 2. The van der Waals surface area contributed by atoms with Crippen LogP contribution in [0, 0.1) is 0 Å². The molecular weight excluding hydrogens is 276 g/mol. The standard InChI is InChI=1S/C18H22N2O2/c1-13-11-19-15-6-4-5-7-16(15)20(13)12-14-8-9-17(21-2)18(10-14)22-3/h4-10,13,19H,11-12H2,1-3H3. The summed E-state index contributed by atoms with van der Waals surface area (Å²) in [5, 5.41) is 3.48. The fraction of sp³-hybridized carbons (Fsp3) is 0.333. The summed E-state index contributed by atoms with van der Waals surface area (Å²) in [6.45, 7) is 4.04. The zero-order valence-corrected chi connectivity index (χ0v) is 13.3. The van der Waals surface area contributed by atoms with Gasteiger partial charge in [0.1, 0.15) is 0 Å². The summed E-state index contributed by atoms with van der Waals surface area (Å²) in [5.41, 5.74) is 3.65. The summed E-state index contributed by atoms with van der Waals surface area (Å²) < 4.78 is 10.7. The number of fused-ring (bicyclic) bond motifs is 1. The van der Waals surface area contributed by atoms with E-state index in [2.05, 4.69) is 53.5 Å². The Kier molecular flexibility index (Phi) is 4.09. The molecule has 1 unspecified atom stereocenters. The SMILES string of the molecule is COc1ccc(CN2c3ccccc3NCC2C)cc1OC. The summed E-state index contributed by atoms with van der Waals surface area (Å²) in [5.74, 6) is 1.54. The molecule has 0 bridgehead atoms. The Morgan fingerprint density at radius 1 is 1.09 bits per heavy atom. The first-order valence-corrected chi connectivity index (χ1v) is 7.53. The fourth-order valence-corrected chi connectivity index (χ4v) is 2.90.